The summed E-state index contributed by atoms with van der Waals surface area (Å²) in [5, 5.41) is 4.36. The van der Waals surface area contributed by atoms with Crippen molar-refractivity contribution in [2.45, 2.75) is 39.5 Å². The molecule has 0 spiro atoms. The molecule has 154 valence electrons. The zero-order valence-electron chi connectivity index (χ0n) is 16.8. The van der Waals surface area contributed by atoms with Crippen molar-refractivity contribution in [3.05, 3.63) is 29.5 Å². The molecule has 1 saturated heterocycles. The summed E-state index contributed by atoms with van der Waals surface area (Å²) in [5.41, 5.74) is 8.84. The summed E-state index contributed by atoms with van der Waals surface area (Å²) in [4.78, 5) is 15.2. The maximum absolute atomic E-state index is 12.1. The van der Waals surface area contributed by atoms with Crippen molar-refractivity contribution in [1.29, 1.82) is 0 Å². The van der Waals surface area contributed by atoms with Crippen LogP contribution in [0.15, 0.2) is 18.3 Å². The predicted molar refractivity (Wildman–Crippen MR) is 113 cm³/mol. The number of hydrogen-bond donors (Lipinski definition) is 3. The van der Waals surface area contributed by atoms with Gasteiger partial charge in [-0.25, -0.2) is 12.7 Å². The lowest BCUT2D eigenvalue weighted by Crippen LogP contribution is -2.38. The molecule has 1 aliphatic heterocycles. The molecule has 2 aromatic rings. The van der Waals surface area contributed by atoms with Crippen molar-refractivity contribution >= 4 is 32.5 Å². The smallest absolute Gasteiger partial charge is 0.250 e. The first-order valence-corrected chi connectivity index (χ1v) is 11.5. The topological polar surface area (TPSA) is 108 Å². The van der Waals surface area contributed by atoms with Crippen LogP contribution in [0.2, 0.25) is 0 Å². The molecular formula is C20H30N4O3S. The van der Waals surface area contributed by atoms with Crippen LogP contribution in [0.4, 0.5) is 5.69 Å². The second kappa shape index (κ2) is 8.13. The Morgan fingerprint density at radius 2 is 2.00 bits per heavy atom. The van der Waals surface area contributed by atoms with Crippen LogP contribution in [0.25, 0.3) is 10.9 Å². The Hall–Kier alpha value is -2.06. The lowest BCUT2D eigenvalue weighted by molar-refractivity contribution is 0.100. The van der Waals surface area contributed by atoms with E-state index in [2.05, 4.69) is 30.2 Å². The van der Waals surface area contributed by atoms with Crippen LogP contribution in [-0.2, 0) is 10.0 Å². The van der Waals surface area contributed by atoms with E-state index in [1.165, 1.54) is 0 Å². The minimum absolute atomic E-state index is 0.137. The van der Waals surface area contributed by atoms with Crippen molar-refractivity contribution in [3.63, 3.8) is 0 Å². The average Bonchev–Trinajstić information content (AvgIpc) is 3.09. The van der Waals surface area contributed by atoms with E-state index in [9.17, 15) is 13.2 Å². The largest absolute Gasteiger partial charge is 0.385 e. The quantitative estimate of drug-likeness (QED) is 0.657. The van der Waals surface area contributed by atoms with Crippen LogP contribution in [0.3, 0.4) is 0 Å². The van der Waals surface area contributed by atoms with E-state index in [1.807, 2.05) is 6.20 Å². The number of nitrogens with one attached hydrogen (secondary N) is 2. The molecule has 1 aromatic carbocycles. The van der Waals surface area contributed by atoms with E-state index >= 15 is 0 Å². The van der Waals surface area contributed by atoms with Crippen LogP contribution >= 0.6 is 0 Å². The zero-order valence-corrected chi connectivity index (χ0v) is 17.6. The molecule has 0 atom stereocenters. The molecule has 8 heteroatoms. The molecular weight excluding hydrogens is 376 g/mol. The molecule has 1 aromatic heterocycles. The lowest BCUT2D eigenvalue weighted by Gasteiger charge is -2.31. The average molecular weight is 407 g/mol. The van der Waals surface area contributed by atoms with Crippen molar-refractivity contribution in [2.75, 3.05) is 30.7 Å². The van der Waals surface area contributed by atoms with Gasteiger partial charge in [0.15, 0.2) is 0 Å². The van der Waals surface area contributed by atoms with Gasteiger partial charge in [-0.2, -0.15) is 0 Å². The third-order valence-corrected chi connectivity index (χ3v) is 7.33. The Bertz CT molecular complexity index is 957. The molecule has 0 bridgehead atoms. The Balaban J connectivity index is 1.91. The Labute approximate surface area is 166 Å². The van der Waals surface area contributed by atoms with E-state index in [-0.39, 0.29) is 11.7 Å². The first-order valence-electron chi connectivity index (χ1n) is 9.89. The minimum Gasteiger partial charge on any atom is -0.385 e. The summed E-state index contributed by atoms with van der Waals surface area (Å²) in [6.45, 7) is 7.79. The molecule has 0 unspecified atom stereocenters. The van der Waals surface area contributed by atoms with Gasteiger partial charge in [0, 0.05) is 36.9 Å². The van der Waals surface area contributed by atoms with Crippen molar-refractivity contribution in [3.8, 4) is 0 Å². The van der Waals surface area contributed by atoms with Gasteiger partial charge in [-0.15, -0.1) is 0 Å². The molecule has 1 amide bonds. The van der Waals surface area contributed by atoms with E-state index in [4.69, 9.17) is 5.73 Å². The number of rotatable bonds is 7. The van der Waals surface area contributed by atoms with Crippen LogP contribution in [0.5, 0.6) is 0 Å². The fraction of sp³-hybridized carbons (Fsp3) is 0.550. The predicted octanol–water partition coefficient (Wildman–Crippen LogP) is 2.86. The van der Waals surface area contributed by atoms with Gasteiger partial charge < -0.3 is 16.0 Å². The van der Waals surface area contributed by atoms with Crippen molar-refractivity contribution < 1.29 is 13.2 Å². The minimum atomic E-state index is -3.14. The van der Waals surface area contributed by atoms with Crippen LogP contribution in [-0.4, -0.2) is 49.0 Å². The number of fused-ring (bicyclic) bond motifs is 1. The van der Waals surface area contributed by atoms with E-state index in [0.717, 1.165) is 41.5 Å². The first-order chi connectivity index (χ1) is 13.2. The molecule has 0 saturated carbocycles. The molecule has 4 N–H and O–H groups in total. The second-order valence-corrected chi connectivity index (χ2v) is 10.2. The van der Waals surface area contributed by atoms with E-state index in [1.54, 1.807) is 17.3 Å². The number of nitrogens with two attached hydrogens (primary N) is 1. The third kappa shape index (κ3) is 4.17. The number of sulfonamides is 1. The highest BCUT2D eigenvalue weighted by atomic mass is 32.2. The molecule has 0 radical (unpaired) electrons. The molecule has 1 fully saturated rings. The van der Waals surface area contributed by atoms with Gasteiger partial charge in [-0.3, -0.25) is 4.79 Å². The third-order valence-electron chi connectivity index (χ3n) is 5.45. The van der Waals surface area contributed by atoms with Gasteiger partial charge in [0.1, 0.15) is 0 Å². The van der Waals surface area contributed by atoms with Gasteiger partial charge in [-0.05, 0) is 49.3 Å². The Morgan fingerprint density at radius 3 is 2.57 bits per heavy atom. The summed E-state index contributed by atoms with van der Waals surface area (Å²) < 4.78 is 25.8. The highest BCUT2D eigenvalue weighted by Gasteiger charge is 2.29. The number of nitrogens with zero attached hydrogens (tertiary/aromatic N) is 1. The van der Waals surface area contributed by atoms with Gasteiger partial charge >= 0.3 is 0 Å². The van der Waals surface area contributed by atoms with Gasteiger partial charge in [-0.1, -0.05) is 13.8 Å². The number of carbonyl (C=O) groups is 1. The number of carbonyl (C=O) groups excluding carboxylic acids is 1. The summed E-state index contributed by atoms with van der Waals surface area (Å²) in [6.07, 6.45) is 3.47. The number of piperidine rings is 1. The lowest BCUT2D eigenvalue weighted by atomic mass is 9.89. The summed E-state index contributed by atoms with van der Waals surface area (Å²) >= 11 is 0. The maximum atomic E-state index is 12.1. The number of primary amides is 1. The first kappa shape index (κ1) is 20.7. The highest BCUT2D eigenvalue weighted by molar-refractivity contribution is 7.89. The number of H-pyrrole nitrogens is 1. The summed E-state index contributed by atoms with van der Waals surface area (Å²) in [5.74, 6) is 0.397. The van der Waals surface area contributed by atoms with Crippen molar-refractivity contribution in [2.24, 2.45) is 11.7 Å². The number of amides is 1. The van der Waals surface area contributed by atoms with Crippen LogP contribution in [0, 0.1) is 5.92 Å². The van der Waals surface area contributed by atoms with Crippen LogP contribution in [0.1, 0.15) is 55.5 Å². The number of hydrogen-bond acceptors (Lipinski definition) is 4. The summed E-state index contributed by atoms with van der Waals surface area (Å²) in [6, 6.07) is 3.86. The maximum Gasteiger partial charge on any atom is 0.250 e. The second-order valence-electron chi connectivity index (χ2n) is 7.90. The fourth-order valence-corrected chi connectivity index (χ4v) is 4.97. The number of aromatic nitrogens is 1. The normalized spacial score (nSPS) is 16.7. The molecule has 3 rings (SSSR count). The molecule has 7 nitrogen and oxygen atoms in total. The molecule has 2 heterocycles. The Morgan fingerprint density at radius 1 is 1.32 bits per heavy atom. The fourth-order valence-electron chi connectivity index (χ4n) is 3.84. The highest BCUT2D eigenvalue weighted by Crippen LogP contribution is 2.36. The standard InChI is InChI=1S/C20H30N4O3S/c1-4-28(26,27)24-7-5-14(6-8-24)18-12-23-19-16(18)9-15(22-11-13(2)3)10-17(19)20(21)25/h9-10,12-14,22-23H,4-8,11H2,1-3H3,(H2,21,25). The zero-order chi connectivity index (χ0) is 20.5. The van der Waals surface area contributed by atoms with Crippen LogP contribution < -0.4 is 11.1 Å². The molecule has 0 aliphatic carbocycles. The Kier molecular flexibility index (Phi) is 6.00. The van der Waals surface area contributed by atoms with E-state index < -0.39 is 15.9 Å². The van der Waals surface area contributed by atoms with Gasteiger partial charge in [0.05, 0.1) is 16.8 Å². The van der Waals surface area contributed by atoms with E-state index in [0.29, 0.717) is 24.6 Å². The number of benzene rings is 1. The number of aromatic amines is 1. The molecule has 1 aliphatic rings. The monoisotopic (exact) mass is 406 g/mol. The number of anilines is 1. The SMILES string of the molecule is CCS(=O)(=O)N1CCC(c2c[nH]c3c(C(N)=O)cc(NCC(C)C)cc23)CC1. The summed E-state index contributed by atoms with van der Waals surface area (Å²) in [7, 11) is -3.14. The molecule has 28 heavy (non-hydrogen) atoms. The van der Waals surface area contributed by atoms with Gasteiger partial charge in [0.2, 0.25) is 10.0 Å². The van der Waals surface area contributed by atoms with Gasteiger partial charge in [0.25, 0.3) is 5.91 Å². The van der Waals surface area contributed by atoms with Crippen molar-refractivity contribution in [1.82, 2.24) is 9.29 Å².